The van der Waals surface area contributed by atoms with Crippen LogP contribution in [-0.2, 0) is 6.54 Å². The van der Waals surface area contributed by atoms with Crippen molar-refractivity contribution in [3.8, 4) is 11.5 Å². The van der Waals surface area contributed by atoms with Crippen molar-refractivity contribution in [3.63, 3.8) is 0 Å². The van der Waals surface area contributed by atoms with Crippen molar-refractivity contribution in [3.05, 3.63) is 32.7 Å². The van der Waals surface area contributed by atoms with Crippen LogP contribution in [0.3, 0.4) is 0 Å². The molecule has 0 atom stereocenters. The molecule has 21 heavy (non-hydrogen) atoms. The molecule has 118 valence electrons. The Bertz CT molecular complexity index is 481. The van der Waals surface area contributed by atoms with Crippen molar-refractivity contribution in [2.24, 2.45) is 0 Å². The van der Waals surface area contributed by atoms with E-state index in [1.165, 1.54) is 5.54 Å². The van der Waals surface area contributed by atoms with Gasteiger partial charge in [-0.2, -0.15) is 0 Å². The van der Waals surface area contributed by atoms with Crippen molar-refractivity contribution in [2.45, 2.75) is 26.8 Å². The van der Waals surface area contributed by atoms with Crippen LogP contribution < -0.4 is 14.8 Å². The smallest absolute Gasteiger partial charge is 0.175 e. The summed E-state index contributed by atoms with van der Waals surface area (Å²) < 4.78 is 12.2. The van der Waals surface area contributed by atoms with Crippen molar-refractivity contribution in [1.82, 2.24) is 5.32 Å². The molecule has 0 fully saturated rings. The SMILES string of the molecule is CCCNCc1cc(Br)c(OCC(Cl)=CCl)c(OCC)c1. The first-order chi connectivity index (χ1) is 10.1. The van der Waals surface area contributed by atoms with Gasteiger partial charge in [0.1, 0.15) is 6.61 Å². The Morgan fingerprint density at radius 2 is 2.10 bits per heavy atom. The molecule has 3 nitrogen and oxygen atoms in total. The number of rotatable bonds is 9. The van der Waals surface area contributed by atoms with Gasteiger partial charge in [-0.25, -0.2) is 0 Å². The molecule has 0 bridgehead atoms. The molecule has 0 aromatic heterocycles. The molecule has 0 aliphatic carbocycles. The average molecular weight is 397 g/mol. The van der Waals surface area contributed by atoms with Crippen LogP contribution >= 0.6 is 39.1 Å². The maximum atomic E-state index is 5.85. The zero-order chi connectivity index (χ0) is 15.7. The number of benzene rings is 1. The second-order valence-electron chi connectivity index (χ2n) is 4.36. The van der Waals surface area contributed by atoms with E-state index in [1.54, 1.807) is 0 Å². The van der Waals surface area contributed by atoms with Gasteiger partial charge in [0.15, 0.2) is 11.5 Å². The van der Waals surface area contributed by atoms with E-state index in [9.17, 15) is 0 Å². The van der Waals surface area contributed by atoms with E-state index < -0.39 is 0 Å². The molecule has 1 aromatic rings. The highest BCUT2D eigenvalue weighted by molar-refractivity contribution is 9.10. The standard InChI is InChI=1S/C15H20BrCl2NO2/c1-3-5-19-9-11-6-13(16)15(14(7-11)20-4-2)21-10-12(18)8-17/h6-8,19H,3-5,9-10H2,1-2H3. The molecule has 6 heteroatoms. The fraction of sp³-hybridized carbons (Fsp3) is 0.467. The van der Waals surface area contributed by atoms with Crippen LogP contribution in [0.4, 0.5) is 0 Å². The average Bonchev–Trinajstić information content (AvgIpc) is 2.46. The molecular formula is C15H20BrCl2NO2. The van der Waals surface area contributed by atoms with Crippen molar-refractivity contribution < 1.29 is 9.47 Å². The molecule has 1 rings (SSSR count). The third-order valence-electron chi connectivity index (χ3n) is 2.60. The van der Waals surface area contributed by atoms with Gasteiger partial charge in [0, 0.05) is 12.1 Å². The highest BCUT2D eigenvalue weighted by atomic mass is 79.9. The molecule has 0 spiro atoms. The largest absolute Gasteiger partial charge is 0.490 e. The molecule has 1 N–H and O–H groups in total. The number of nitrogens with one attached hydrogen (secondary N) is 1. The summed E-state index contributed by atoms with van der Waals surface area (Å²) in [5.74, 6) is 1.33. The van der Waals surface area contributed by atoms with Crippen LogP contribution in [0.25, 0.3) is 0 Å². The topological polar surface area (TPSA) is 30.5 Å². The van der Waals surface area contributed by atoms with Gasteiger partial charge in [0.25, 0.3) is 0 Å². The second-order valence-corrected chi connectivity index (χ2v) is 5.92. The molecule has 0 saturated heterocycles. The van der Waals surface area contributed by atoms with E-state index in [1.807, 2.05) is 19.1 Å². The Hall–Kier alpha value is -0.420. The third kappa shape index (κ3) is 6.47. The van der Waals surface area contributed by atoms with Gasteiger partial charge in [-0.15, -0.1) is 0 Å². The fourth-order valence-electron chi connectivity index (χ4n) is 1.71. The highest BCUT2D eigenvalue weighted by Crippen LogP contribution is 2.37. The number of hydrogen-bond donors (Lipinski definition) is 1. The molecule has 0 aliphatic heterocycles. The van der Waals surface area contributed by atoms with Gasteiger partial charge in [0.2, 0.25) is 0 Å². The minimum absolute atomic E-state index is 0.206. The van der Waals surface area contributed by atoms with Crippen LogP contribution in [0.1, 0.15) is 25.8 Å². The molecule has 0 amide bonds. The lowest BCUT2D eigenvalue weighted by Crippen LogP contribution is -2.14. The zero-order valence-electron chi connectivity index (χ0n) is 12.2. The molecule has 0 radical (unpaired) electrons. The predicted molar refractivity (Wildman–Crippen MR) is 92.6 cm³/mol. The summed E-state index contributed by atoms with van der Waals surface area (Å²) in [4.78, 5) is 0. The van der Waals surface area contributed by atoms with Gasteiger partial charge in [0.05, 0.1) is 16.1 Å². The van der Waals surface area contributed by atoms with Crippen LogP contribution in [0.15, 0.2) is 27.2 Å². The summed E-state index contributed by atoms with van der Waals surface area (Å²) in [5.41, 5.74) is 2.42. The highest BCUT2D eigenvalue weighted by Gasteiger charge is 2.12. The second kappa shape index (κ2) is 10.3. The molecule has 0 unspecified atom stereocenters. The zero-order valence-corrected chi connectivity index (χ0v) is 15.3. The summed E-state index contributed by atoms with van der Waals surface area (Å²) >= 11 is 14.9. The number of ether oxygens (including phenoxy) is 2. The maximum Gasteiger partial charge on any atom is 0.175 e. The number of halogens is 3. The van der Waals surface area contributed by atoms with Gasteiger partial charge < -0.3 is 14.8 Å². The first-order valence-electron chi connectivity index (χ1n) is 6.85. The minimum atomic E-state index is 0.206. The Morgan fingerprint density at radius 1 is 1.33 bits per heavy atom. The number of hydrogen-bond acceptors (Lipinski definition) is 3. The summed E-state index contributed by atoms with van der Waals surface area (Å²) in [5, 5.41) is 3.79. The fourth-order valence-corrected chi connectivity index (χ4v) is 2.43. The lowest BCUT2D eigenvalue weighted by atomic mass is 10.2. The Morgan fingerprint density at radius 3 is 2.71 bits per heavy atom. The Kier molecular flexibility index (Phi) is 9.16. The summed E-state index contributed by atoms with van der Waals surface area (Å²) in [6.07, 6.45) is 1.10. The van der Waals surface area contributed by atoms with Crippen molar-refractivity contribution >= 4 is 39.1 Å². The first-order valence-corrected chi connectivity index (χ1v) is 8.46. The van der Waals surface area contributed by atoms with Gasteiger partial charge in [-0.05, 0) is 53.5 Å². The lowest BCUT2D eigenvalue weighted by molar-refractivity contribution is 0.293. The van der Waals surface area contributed by atoms with E-state index in [0.29, 0.717) is 23.1 Å². The van der Waals surface area contributed by atoms with Crippen LogP contribution in [0.5, 0.6) is 11.5 Å². The minimum Gasteiger partial charge on any atom is -0.490 e. The van der Waals surface area contributed by atoms with Crippen molar-refractivity contribution in [1.29, 1.82) is 0 Å². The Labute approximate surface area is 144 Å². The van der Waals surface area contributed by atoms with E-state index in [0.717, 1.165) is 29.5 Å². The van der Waals surface area contributed by atoms with E-state index in [2.05, 4.69) is 28.2 Å². The van der Waals surface area contributed by atoms with Gasteiger partial charge in [-0.1, -0.05) is 30.1 Å². The first kappa shape index (κ1) is 18.6. The van der Waals surface area contributed by atoms with E-state index in [4.69, 9.17) is 32.7 Å². The maximum absolute atomic E-state index is 5.85. The van der Waals surface area contributed by atoms with Gasteiger partial charge >= 0.3 is 0 Å². The van der Waals surface area contributed by atoms with E-state index >= 15 is 0 Å². The third-order valence-corrected chi connectivity index (χ3v) is 3.78. The van der Waals surface area contributed by atoms with E-state index in [-0.39, 0.29) is 6.61 Å². The Balaban J connectivity index is 2.90. The summed E-state index contributed by atoms with van der Waals surface area (Å²) in [6.45, 7) is 6.61. The molecule has 0 aliphatic rings. The quantitative estimate of drug-likeness (QED) is 0.592. The monoisotopic (exact) mass is 395 g/mol. The lowest BCUT2D eigenvalue weighted by Gasteiger charge is -2.15. The summed E-state index contributed by atoms with van der Waals surface area (Å²) in [7, 11) is 0. The van der Waals surface area contributed by atoms with Crippen LogP contribution in [0, 0.1) is 0 Å². The molecule has 0 saturated carbocycles. The molecule has 0 heterocycles. The van der Waals surface area contributed by atoms with Crippen molar-refractivity contribution in [2.75, 3.05) is 19.8 Å². The normalized spacial score (nSPS) is 11.6. The van der Waals surface area contributed by atoms with Crippen LogP contribution in [-0.4, -0.2) is 19.8 Å². The van der Waals surface area contributed by atoms with Crippen LogP contribution in [0.2, 0.25) is 0 Å². The van der Waals surface area contributed by atoms with Gasteiger partial charge in [-0.3, -0.25) is 0 Å². The molecular weight excluding hydrogens is 377 g/mol. The summed E-state index contributed by atoms with van der Waals surface area (Å²) in [6, 6.07) is 3.99. The predicted octanol–water partition coefficient (Wildman–Crippen LogP) is 5.05. The molecule has 1 aromatic carbocycles.